The molecule has 0 amide bonds. The van der Waals surface area contributed by atoms with E-state index in [1.165, 1.54) is 16.7 Å². The van der Waals surface area contributed by atoms with Crippen molar-refractivity contribution in [3.05, 3.63) is 34.9 Å². The first-order valence-electron chi connectivity index (χ1n) is 5.83. The van der Waals surface area contributed by atoms with Crippen LogP contribution in [-0.2, 0) is 13.1 Å². The van der Waals surface area contributed by atoms with E-state index in [4.69, 9.17) is 10.8 Å². The van der Waals surface area contributed by atoms with Crippen molar-refractivity contribution < 1.29 is 5.11 Å². The fourth-order valence-corrected chi connectivity index (χ4v) is 1.79. The van der Waals surface area contributed by atoms with Gasteiger partial charge in [0.2, 0.25) is 0 Å². The molecule has 0 saturated heterocycles. The molecule has 0 aliphatic carbocycles. The Kier molecular flexibility index (Phi) is 5.46. The molecule has 0 saturated carbocycles. The molecule has 0 spiro atoms. The summed E-state index contributed by atoms with van der Waals surface area (Å²) in [6.07, 6.45) is 0. The van der Waals surface area contributed by atoms with E-state index < -0.39 is 0 Å². The molecule has 0 fully saturated rings. The Morgan fingerprint density at radius 1 is 1.38 bits per heavy atom. The number of benzene rings is 1. The Hall–Kier alpha value is -0.900. The SMILES string of the molecule is CCN(CCO)Cc1ccc(CN)cc1C. The van der Waals surface area contributed by atoms with Gasteiger partial charge in [-0.05, 0) is 30.2 Å². The Labute approximate surface area is 97.9 Å². The van der Waals surface area contributed by atoms with Gasteiger partial charge in [0.1, 0.15) is 0 Å². The summed E-state index contributed by atoms with van der Waals surface area (Å²) in [5.74, 6) is 0. The zero-order valence-corrected chi connectivity index (χ0v) is 10.2. The van der Waals surface area contributed by atoms with Gasteiger partial charge in [-0.15, -0.1) is 0 Å². The number of hydrogen-bond acceptors (Lipinski definition) is 3. The van der Waals surface area contributed by atoms with E-state index in [9.17, 15) is 0 Å². The second-order valence-corrected chi connectivity index (χ2v) is 4.06. The Morgan fingerprint density at radius 2 is 2.12 bits per heavy atom. The van der Waals surface area contributed by atoms with Crippen LogP contribution in [0.3, 0.4) is 0 Å². The van der Waals surface area contributed by atoms with Crippen molar-refractivity contribution in [3.63, 3.8) is 0 Å². The van der Waals surface area contributed by atoms with Gasteiger partial charge in [0.25, 0.3) is 0 Å². The zero-order valence-electron chi connectivity index (χ0n) is 10.2. The second-order valence-electron chi connectivity index (χ2n) is 4.06. The Morgan fingerprint density at radius 3 is 2.62 bits per heavy atom. The third kappa shape index (κ3) is 3.59. The first kappa shape index (κ1) is 13.2. The molecule has 3 nitrogen and oxygen atoms in total. The number of likely N-dealkylation sites (N-methyl/N-ethyl adjacent to an activating group) is 1. The fraction of sp³-hybridized carbons (Fsp3) is 0.538. The molecule has 1 rings (SSSR count). The highest BCUT2D eigenvalue weighted by molar-refractivity contribution is 5.30. The monoisotopic (exact) mass is 222 g/mol. The van der Waals surface area contributed by atoms with Gasteiger partial charge in [0, 0.05) is 19.6 Å². The minimum Gasteiger partial charge on any atom is -0.395 e. The number of aliphatic hydroxyl groups excluding tert-OH is 1. The highest BCUT2D eigenvalue weighted by Gasteiger charge is 2.05. The van der Waals surface area contributed by atoms with Crippen LogP contribution in [0.4, 0.5) is 0 Å². The number of hydrogen-bond donors (Lipinski definition) is 2. The summed E-state index contributed by atoms with van der Waals surface area (Å²) in [5, 5.41) is 8.94. The summed E-state index contributed by atoms with van der Waals surface area (Å²) in [7, 11) is 0. The minimum absolute atomic E-state index is 0.216. The maximum atomic E-state index is 8.94. The van der Waals surface area contributed by atoms with Crippen molar-refractivity contribution in [3.8, 4) is 0 Å². The van der Waals surface area contributed by atoms with Gasteiger partial charge in [0.05, 0.1) is 6.61 Å². The standard InChI is InChI=1S/C13H22N2O/c1-3-15(6-7-16)10-13-5-4-12(9-14)8-11(13)2/h4-5,8,16H,3,6-7,9-10,14H2,1-2H3. The number of nitrogens with two attached hydrogens (primary N) is 1. The number of aryl methyl sites for hydroxylation is 1. The molecule has 90 valence electrons. The third-order valence-corrected chi connectivity index (χ3v) is 2.90. The van der Waals surface area contributed by atoms with Gasteiger partial charge < -0.3 is 10.8 Å². The molecule has 0 heterocycles. The van der Waals surface area contributed by atoms with Crippen LogP contribution in [0.5, 0.6) is 0 Å². The minimum atomic E-state index is 0.216. The number of rotatable bonds is 6. The average Bonchev–Trinajstić information content (AvgIpc) is 2.30. The third-order valence-electron chi connectivity index (χ3n) is 2.90. The van der Waals surface area contributed by atoms with Gasteiger partial charge in [-0.2, -0.15) is 0 Å². The fourth-order valence-electron chi connectivity index (χ4n) is 1.79. The van der Waals surface area contributed by atoms with E-state index in [-0.39, 0.29) is 6.61 Å². The molecule has 0 bridgehead atoms. The van der Waals surface area contributed by atoms with Crippen molar-refractivity contribution in [2.24, 2.45) is 5.73 Å². The number of aliphatic hydroxyl groups is 1. The Balaban J connectivity index is 2.72. The van der Waals surface area contributed by atoms with E-state index in [0.717, 1.165) is 19.6 Å². The highest BCUT2D eigenvalue weighted by atomic mass is 16.3. The molecular formula is C13H22N2O. The topological polar surface area (TPSA) is 49.5 Å². The average molecular weight is 222 g/mol. The zero-order chi connectivity index (χ0) is 12.0. The van der Waals surface area contributed by atoms with E-state index in [1.807, 2.05) is 0 Å². The van der Waals surface area contributed by atoms with E-state index in [2.05, 4.69) is 36.9 Å². The quantitative estimate of drug-likeness (QED) is 0.762. The maximum Gasteiger partial charge on any atom is 0.0558 e. The molecule has 1 aromatic rings. The van der Waals surface area contributed by atoms with Crippen molar-refractivity contribution in [2.45, 2.75) is 26.9 Å². The van der Waals surface area contributed by atoms with Crippen LogP contribution in [0.1, 0.15) is 23.6 Å². The van der Waals surface area contributed by atoms with Crippen LogP contribution in [0.2, 0.25) is 0 Å². The summed E-state index contributed by atoms with van der Waals surface area (Å²) >= 11 is 0. The lowest BCUT2D eigenvalue weighted by atomic mass is 10.0. The second kappa shape index (κ2) is 6.63. The summed E-state index contributed by atoms with van der Waals surface area (Å²) in [5.41, 5.74) is 9.36. The van der Waals surface area contributed by atoms with Gasteiger partial charge >= 0.3 is 0 Å². The van der Waals surface area contributed by atoms with Crippen LogP contribution in [0.15, 0.2) is 18.2 Å². The molecule has 0 aromatic heterocycles. The molecule has 1 aromatic carbocycles. The van der Waals surface area contributed by atoms with E-state index >= 15 is 0 Å². The molecular weight excluding hydrogens is 200 g/mol. The lowest BCUT2D eigenvalue weighted by molar-refractivity contribution is 0.196. The molecule has 16 heavy (non-hydrogen) atoms. The van der Waals surface area contributed by atoms with Gasteiger partial charge in [-0.1, -0.05) is 25.1 Å². The molecule has 0 radical (unpaired) electrons. The van der Waals surface area contributed by atoms with Crippen molar-refractivity contribution in [2.75, 3.05) is 19.7 Å². The summed E-state index contributed by atoms with van der Waals surface area (Å²) in [4.78, 5) is 2.23. The maximum absolute atomic E-state index is 8.94. The lowest BCUT2D eigenvalue weighted by Gasteiger charge is -2.20. The first-order chi connectivity index (χ1) is 7.71. The molecule has 0 atom stereocenters. The number of nitrogens with zero attached hydrogens (tertiary/aromatic N) is 1. The normalized spacial score (nSPS) is 11.1. The van der Waals surface area contributed by atoms with Gasteiger partial charge in [-0.25, -0.2) is 0 Å². The smallest absolute Gasteiger partial charge is 0.0558 e. The van der Waals surface area contributed by atoms with Crippen molar-refractivity contribution >= 4 is 0 Å². The van der Waals surface area contributed by atoms with E-state index in [0.29, 0.717) is 6.54 Å². The molecule has 3 N–H and O–H groups in total. The van der Waals surface area contributed by atoms with Crippen molar-refractivity contribution in [1.29, 1.82) is 0 Å². The van der Waals surface area contributed by atoms with Crippen LogP contribution in [0.25, 0.3) is 0 Å². The predicted molar refractivity (Wildman–Crippen MR) is 67.1 cm³/mol. The van der Waals surface area contributed by atoms with Crippen molar-refractivity contribution in [1.82, 2.24) is 4.90 Å². The molecule has 0 aliphatic rings. The highest BCUT2D eigenvalue weighted by Crippen LogP contribution is 2.13. The summed E-state index contributed by atoms with van der Waals surface area (Å²) in [6, 6.07) is 6.36. The van der Waals surface area contributed by atoms with Crippen LogP contribution < -0.4 is 5.73 Å². The Bertz CT molecular complexity index is 326. The summed E-state index contributed by atoms with van der Waals surface area (Å²) < 4.78 is 0. The van der Waals surface area contributed by atoms with Crippen LogP contribution >= 0.6 is 0 Å². The van der Waals surface area contributed by atoms with E-state index in [1.54, 1.807) is 0 Å². The lowest BCUT2D eigenvalue weighted by Crippen LogP contribution is -2.26. The largest absolute Gasteiger partial charge is 0.395 e. The molecule has 0 unspecified atom stereocenters. The first-order valence-corrected chi connectivity index (χ1v) is 5.83. The molecule has 3 heteroatoms. The predicted octanol–water partition coefficient (Wildman–Crippen LogP) is 1.27. The van der Waals surface area contributed by atoms with Gasteiger partial charge in [-0.3, -0.25) is 4.90 Å². The summed E-state index contributed by atoms with van der Waals surface area (Å²) in [6.45, 7) is 7.62. The van der Waals surface area contributed by atoms with Crippen LogP contribution in [-0.4, -0.2) is 29.7 Å². The van der Waals surface area contributed by atoms with Crippen LogP contribution in [0, 0.1) is 6.92 Å². The van der Waals surface area contributed by atoms with Gasteiger partial charge in [0.15, 0.2) is 0 Å². The molecule has 0 aliphatic heterocycles.